The number of halogens is 3. The van der Waals surface area contributed by atoms with E-state index in [2.05, 4.69) is 0 Å². The molecule has 0 saturated heterocycles. The Hall–Kier alpha value is -1.97. The van der Waals surface area contributed by atoms with Gasteiger partial charge in [-0.3, -0.25) is 0 Å². The zero-order valence-corrected chi connectivity index (χ0v) is 11.1. The summed E-state index contributed by atoms with van der Waals surface area (Å²) in [5.41, 5.74) is 1.79. The third-order valence-electron chi connectivity index (χ3n) is 2.88. The Kier molecular flexibility index (Phi) is 4.32. The fourth-order valence-corrected chi connectivity index (χ4v) is 1.75. The van der Waals surface area contributed by atoms with Crippen LogP contribution >= 0.6 is 0 Å². The summed E-state index contributed by atoms with van der Waals surface area (Å²) < 4.78 is 42.0. The maximum atomic E-state index is 12.1. The zero-order chi connectivity index (χ0) is 14.6. The van der Waals surface area contributed by atoms with E-state index >= 15 is 0 Å². The Bertz CT molecular complexity index is 541. The Balaban J connectivity index is 1.96. The molecule has 2 aromatic rings. The average Bonchev–Trinajstić information content (AvgIpc) is 2.40. The summed E-state index contributed by atoms with van der Waals surface area (Å²) in [6.45, 7) is 1.99. The van der Waals surface area contributed by atoms with Crippen molar-refractivity contribution in [2.24, 2.45) is 0 Å². The minimum atomic E-state index is -4.11. The maximum absolute atomic E-state index is 12.1. The lowest BCUT2D eigenvalue weighted by Crippen LogP contribution is -2.08. The van der Waals surface area contributed by atoms with Crippen LogP contribution in [0.3, 0.4) is 0 Å². The van der Waals surface area contributed by atoms with E-state index in [-0.39, 0.29) is 6.42 Å². The lowest BCUT2D eigenvalue weighted by molar-refractivity contribution is -0.133. The number of hydrogen-bond donors (Lipinski definition) is 0. The average molecular weight is 280 g/mol. The van der Waals surface area contributed by atoms with E-state index < -0.39 is 12.6 Å². The molecule has 0 aliphatic rings. The van der Waals surface area contributed by atoms with E-state index in [1.165, 1.54) is 0 Å². The first-order valence-electron chi connectivity index (χ1n) is 6.33. The molecule has 0 atom stereocenters. The van der Waals surface area contributed by atoms with Crippen LogP contribution < -0.4 is 4.74 Å². The standard InChI is InChI=1S/C16H15F3O/c1-12-2-6-14(7-3-12)20-15-8-4-13(5-9-15)10-11-16(17,18)19/h2-9H,10-11H2,1H3. The summed E-state index contributed by atoms with van der Waals surface area (Å²) in [4.78, 5) is 0. The van der Waals surface area contributed by atoms with Crippen molar-refractivity contribution in [3.05, 3.63) is 59.7 Å². The molecular weight excluding hydrogens is 265 g/mol. The minimum Gasteiger partial charge on any atom is -0.457 e. The predicted molar refractivity (Wildman–Crippen MR) is 72.1 cm³/mol. The third kappa shape index (κ3) is 4.61. The molecule has 0 aromatic heterocycles. The Labute approximate surface area is 116 Å². The molecule has 106 valence electrons. The molecule has 2 aromatic carbocycles. The van der Waals surface area contributed by atoms with Crippen molar-refractivity contribution < 1.29 is 17.9 Å². The Morgan fingerprint density at radius 1 is 0.850 bits per heavy atom. The van der Waals surface area contributed by atoms with Gasteiger partial charge in [0.15, 0.2) is 0 Å². The van der Waals surface area contributed by atoms with Gasteiger partial charge in [0, 0.05) is 6.42 Å². The van der Waals surface area contributed by atoms with Gasteiger partial charge in [-0.2, -0.15) is 13.2 Å². The first-order chi connectivity index (χ1) is 9.42. The fraction of sp³-hybridized carbons (Fsp3) is 0.250. The monoisotopic (exact) mass is 280 g/mol. The van der Waals surface area contributed by atoms with E-state index in [9.17, 15) is 13.2 Å². The van der Waals surface area contributed by atoms with Gasteiger partial charge in [0.25, 0.3) is 0 Å². The molecule has 0 bridgehead atoms. The van der Waals surface area contributed by atoms with Crippen LogP contribution in [0.5, 0.6) is 11.5 Å². The summed E-state index contributed by atoms with van der Waals surface area (Å²) in [7, 11) is 0. The van der Waals surface area contributed by atoms with Gasteiger partial charge in [0.2, 0.25) is 0 Å². The number of rotatable bonds is 4. The molecule has 0 fully saturated rings. The molecule has 20 heavy (non-hydrogen) atoms. The molecule has 0 aliphatic heterocycles. The minimum absolute atomic E-state index is 0.00564. The molecule has 0 unspecified atom stereocenters. The first kappa shape index (κ1) is 14.4. The summed E-state index contributed by atoms with van der Waals surface area (Å²) in [5, 5.41) is 0. The quantitative estimate of drug-likeness (QED) is 0.740. The largest absolute Gasteiger partial charge is 0.457 e. The van der Waals surface area contributed by atoms with Crippen molar-refractivity contribution in [3.8, 4) is 11.5 Å². The summed E-state index contributed by atoms with van der Waals surface area (Å²) in [6.07, 6.45) is -4.92. The van der Waals surface area contributed by atoms with E-state index in [4.69, 9.17) is 4.74 Å². The highest BCUT2D eigenvalue weighted by molar-refractivity contribution is 5.34. The molecule has 0 saturated carbocycles. The molecule has 0 N–H and O–H groups in total. The SMILES string of the molecule is Cc1ccc(Oc2ccc(CCC(F)(F)F)cc2)cc1. The molecule has 0 amide bonds. The van der Waals surface area contributed by atoms with Gasteiger partial charge >= 0.3 is 6.18 Å². The highest BCUT2D eigenvalue weighted by Crippen LogP contribution is 2.25. The van der Waals surface area contributed by atoms with Crippen molar-refractivity contribution in [2.45, 2.75) is 25.9 Å². The summed E-state index contributed by atoms with van der Waals surface area (Å²) >= 11 is 0. The van der Waals surface area contributed by atoms with Gasteiger partial charge in [-0.1, -0.05) is 29.8 Å². The van der Waals surface area contributed by atoms with Crippen LogP contribution in [0.15, 0.2) is 48.5 Å². The number of ether oxygens (including phenoxy) is 1. The number of hydrogen-bond acceptors (Lipinski definition) is 1. The van der Waals surface area contributed by atoms with Gasteiger partial charge in [-0.15, -0.1) is 0 Å². The van der Waals surface area contributed by atoms with Crippen LogP contribution in [0.4, 0.5) is 13.2 Å². The summed E-state index contributed by atoms with van der Waals surface area (Å²) in [6, 6.07) is 14.3. The smallest absolute Gasteiger partial charge is 0.389 e. The second-order valence-corrected chi connectivity index (χ2v) is 4.67. The van der Waals surface area contributed by atoms with Crippen molar-refractivity contribution in [3.63, 3.8) is 0 Å². The van der Waals surface area contributed by atoms with Gasteiger partial charge in [-0.25, -0.2) is 0 Å². The molecular formula is C16H15F3O. The summed E-state index contributed by atoms with van der Waals surface area (Å²) in [5.74, 6) is 1.32. The predicted octanol–water partition coefficient (Wildman–Crippen LogP) is 5.28. The first-order valence-corrected chi connectivity index (χ1v) is 6.33. The van der Waals surface area contributed by atoms with Crippen LogP contribution in [0.2, 0.25) is 0 Å². The van der Waals surface area contributed by atoms with Crippen molar-refractivity contribution >= 4 is 0 Å². The second kappa shape index (κ2) is 5.99. The molecule has 0 radical (unpaired) electrons. The number of benzene rings is 2. The van der Waals surface area contributed by atoms with Crippen LogP contribution in [0, 0.1) is 6.92 Å². The number of aryl methyl sites for hydroxylation is 2. The van der Waals surface area contributed by atoms with Gasteiger partial charge < -0.3 is 4.74 Å². The van der Waals surface area contributed by atoms with Crippen molar-refractivity contribution in [1.29, 1.82) is 0 Å². The topological polar surface area (TPSA) is 9.23 Å². The van der Waals surface area contributed by atoms with E-state index in [0.29, 0.717) is 17.1 Å². The van der Waals surface area contributed by atoms with Crippen LogP contribution in [-0.2, 0) is 6.42 Å². The van der Waals surface area contributed by atoms with Crippen LogP contribution in [0.1, 0.15) is 17.5 Å². The lowest BCUT2D eigenvalue weighted by Gasteiger charge is -2.08. The number of alkyl halides is 3. The van der Waals surface area contributed by atoms with Crippen molar-refractivity contribution in [1.82, 2.24) is 0 Å². The molecule has 0 aliphatic carbocycles. The highest BCUT2D eigenvalue weighted by Gasteiger charge is 2.26. The van der Waals surface area contributed by atoms with E-state index in [0.717, 1.165) is 5.56 Å². The lowest BCUT2D eigenvalue weighted by atomic mass is 10.1. The fourth-order valence-electron chi connectivity index (χ4n) is 1.75. The van der Waals surface area contributed by atoms with Crippen molar-refractivity contribution in [2.75, 3.05) is 0 Å². The molecule has 0 heterocycles. The molecule has 1 nitrogen and oxygen atoms in total. The van der Waals surface area contributed by atoms with Gasteiger partial charge in [-0.05, 0) is 43.2 Å². The zero-order valence-electron chi connectivity index (χ0n) is 11.1. The van der Waals surface area contributed by atoms with Crippen LogP contribution in [0.25, 0.3) is 0 Å². The Morgan fingerprint density at radius 2 is 1.35 bits per heavy atom. The third-order valence-corrected chi connectivity index (χ3v) is 2.88. The second-order valence-electron chi connectivity index (χ2n) is 4.67. The molecule has 0 spiro atoms. The van der Waals surface area contributed by atoms with Crippen LogP contribution in [-0.4, -0.2) is 6.18 Å². The highest BCUT2D eigenvalue weighted by atomic mass is 19.4. The Morgan fingerprint density at radius 3 is 1.85 bits per heavy atom. The molecule has 2 rings (SSSR count). The molecule has 4 heteroatoms. The maximum Gasteiger partial charge on any atom is 0.389 e. The van der Waals surface area contributed by atoms with Gasteiger partial charge in [0.05, 0.1) is 0 Å². The van der Waals surface area contributed by atoms with Gasteiger partial charge in [0.1, 0.15) is 11.5 Å². The normalized spacial score (nSPS) is 11.4. The van der Waals surface area contributed by atoms with E-state index in [1.54, 1.807) is 24.3 Å². The van der Waals surface area contributed by atoms with E-state index in [1.807, 2.05) is 31.2 Å².